The molecule has 0 heterocycles. The van der Waals surface area contributed by atoms with Crippen molar-refractivity contribution in [3.8, 4) is 0 Å². The molecule has 1 aliphatic carbocycles. The Morgan fingerprint density at radius 2 is 1.75 bits per heavy atom. The van der Waals surface area contributed by atoms with Crippen LogP contribution in [-0.2, 0) is 15.0 Å². The molecule has 1 aliphatic rings. The summed E-state index contributed by atoms with van der Waals surface area (Å²) in [7, 11) is 0. The molecule has 0 atom stereocenters. The van der Waals surface area contributed by atoms with Crippen molar-refractivity contribution in [1.29, 1.82) is 0 Å². The molecule has 1 fully saturated rings. The Morgan fingerprint density at radius 1 is 1.04 bits per heavy atom. The van der Waals surface area contributed by atoms with Gasteiger partial charge in [-0.3, -0.25) is 9.59 Å². The third kappa shape index (κ3) is 3.02. The number of benzene rings is 2. The van der Waals surface area contributed by atoms with Crippen LogP contribution >= 0.6 is 0 Å². The van der Waals surface area contributed by atoms with E-state index in [1.807, 2.05) is 30.3 Å². The fourth-order valence-electron chi connectivity index (χ4n) is 3.07. The number of carbonyl (C=O) groups is 2. The Hall–Kier alpha value is -2.69. The molecule has 0 saturated heterocycles. The van der Waals surface area contributed by atoms with Crippen LogP contribution in [0.2, 0.25) is 0 Å². The van der Waals surface area contributed by atoms with Gasteiger partial charge in [-0.25, -0.2) is 4.39 Å². The number of nitrogens with one attached hydrogen (secondary N) is 2. The second-order valence-corrected chi connectivity index (χ2v) is 6.13. The smallest absolute Gasteiger partial charge is 0.235 e. The average Bonchev–Trinajstić information content (AvgIpc) is 2.50. The maximum Gasteiger partial charge on any atom is 0.235 e. The fourth-order valence-corrected chi connectivity index (χ4v) is 3.07. The number of hydrogen-bond acceptors (Lipinski definition) is 2. The second-order valence-electron chi connectivity index (χ2n) is 6.13. The molecule has 24 heavy (non-hydrogen) atoms. The predicted octanol–water partition coefficient (Wildman–Crippen LogP) is 3.84. The summed E-state index contributed by atoms with van der Waals surface area (Å²) in [4.78, 5) is 24.0. The van der Waals surface area contributed by atoms with Crippen LogP contribution in [0.3, 0.4) is 0 Å². The lowest BCUT2D eigenvalue weighted by molar-refractivity contribution is -0.124. The van der Waals surface area contributed by atoms with Gasteiger partial charge in [0.1, 0.15) is 5.82 Å². The lowest BCUT2D eigenvalue weighted by atomic mass is 9.64. The highest BCUT2D eigenvalue weighted by atomic mass is 19.1. The summed E-state index contributed by atoms with van der Waals surface area (Å²) >= 11 is 0. The van der Waals surface area contributed by atoms with Crippen molar-refractivity contribution in [3.63, 3.8) is 0 Å². The minimum atomic E-state index is -0.537. The van der Waals surface area contributed by atoms with Crippen LogP contribution < -0.4 is 10.6 Å². The summed E-state index contributed by atoms with van der Waals surface area (Å²) in [5.74, 6) is -0.998. The lowest BCUT2D eigenvalue weighted by Gasteiger charge is -2.40. The van der Waals surface area contributed by atoms with Gasteiger partial charge in [-0.2, -0.15) is 0 Å². The summed E-state index contributed by atoms with van der Waals surface area (Å²) in [6.45, 7) is 1.31. The number of carbonyl (C=O) groups excluding carboxylic acids is 2. The van der Waals surface area contributed by atoms with Gasteiger partial charge in [0, 0.05) is 12.6 Å². The molecule has 0 bridgehead atoms. The molecule has 0 aromatic heterocycles. The Balaban J connectivity index is 1.83. The first-order valence-electron chi connectivity index (χ1n) is 7.95. The van der Waals surface area contributed by atoms with Crippen molar-refractivity contribution in [2.45, 2.75) is 31.6 Å². The Bertz CT molecular complexity index is 770. The predicted molar refractivity (Wildman–Crippen MR) is 91.3 cm³/mol. The second kappa shape index (κ2) is 6.43. The molecule has 0 aliphatic heterocycles. The summed E-state index contributed by atoms with van der Waals surface area (Å²) < 4.78 is 13.7. The monoisotopic (exact) mass is 326 g/mol. The molecule has 1 saturated carbocycles. The molecule has 2 N–H and O–H groups in total. The first kappa shape index (κ1) is 16.2. The Labute approximate surface area is 140 Å². The van der Waals surface area contributed by atoms with Gasteiger partial charge in [0.05, 0.1) is 11.1 Å². The van der Waals surface area contributed by atoms with Gasteiger partial charge in [0.25, 0.3) is 0 Å². The maximum absolute atomic E-state index is 13.7. The molecule has 124 valence electrons. The highest BCUT2D eigenvalue weighted by molar-refractivity contribution is 6.00. The maximum atomic E-state index is 13.7. The van der Waals surface area contributed by atoms with E-state index in [1.165, 1.54) is 25.1 Å². The molecular formula is C19H19FN2O2. The summed E-state index contributed by atoms with van der Waals surface area (Å²) in [6.07, 6.45) is 2.59. The van der Waals surface area contributed by atoms with Crippen LogP contribution in [0.4, 0.5) is 15.8 Å². The zero-order valence-corrected chi connectivity index (χ0v) is 13.4. The van der Waals surface area contributed by atoms with Crippen LogP contribution in [0.25, 0.3) is 0 Å². The SMILES string of the molecule is CC(=O)Nc1cc(NC(=O)C2(c3ccccc3)CCC2)ccc1F. The number of rotatable bonds is 4. The standard InChI is InChI=1S/C19H19FN2O2/c1-13(23)21-17-12-15(8-9-16(17)20)22-18(24)19(10-5-11-19)14-6-3-2-4-7-14/h2-4,6-9,12H,5,10-11H2,1H3,(H,21,23)(H,22,24). The highest BCUT2D eigenvalue weighted by Gasteiger charge is 2.45. The van der Waals surface area contributed by atoms with Gasteiger partial charge in [-0.1, -0.05) is 36.8 Å². The van der Waals surface area contributed by atoms with Crippen LogP contribution in [0, 0.1) is 5.82 Å². The van der Waals surface area contributed by atoms with E-state index in [-0.39, 0.29) is 17.5 Å². The van der Waals surface area contributed by atoms with Crippen molar-refractivity contribution in [1.82, 2.24) is 0 Å². The third-order valence-electron chi connectivity index (χ3n) is 4.50. The molecule has 0 spiro atoms. The van der Waals surface area contributed by atoms with Crippen molar-refractivity contribution in [2.75, 3.05) is 10.6 Å². The first-order chi connectivity index (χ1) is 11.5. The van der Waals surface area contributed by atoms with E-state index in [0.29, 0.717) is 5.69 Å². The van der Waals surface area contributed by atoms with Crippen molar-refractivity contribution < 1.29 is 14.0 Å². The van der Waals surface area contributed by atoms with Gasteiger partial charge in [0.15, 0.2) is 0 Å². The summed E-state index contributed by atoms with van der Waals surface area (Å²) in [6, 6.07) is 13.9. The molecule has 2 amide bonds. The Morgan fingerprint density at radius 3 is 2.33 bits per heavy atom. The van der Waals surface area contributed by atoms with Crippen molar-refractivity contribution in [2.24, 2.45) is 0 Å². The number of halogens is 1. The minimum absolute atomic E-state index is 0.0580. The molecule has 0 unspecified atom stereocenters. The molecule has 3 rings (SSSR count). The number of anilines is 2. The topological polar surface area (TPSA) is 58.2 Å². The van der Waals surface area contributed by atoms with E-state index in [9.17, 15) is 14.0 Å². The summed E-state index contributed by atoms with van der Waals surface area (Å²) in [5, 5.41) is 5.29. The molecule has 0 radical (unpaired) electrons. The van der Waals surface area contributed by atoms with Crippen molar-refractivity contribution >= 4 is 23.2 Å². The van der Waals surface area contributed by atoms with Crippen LogP contribution in [0.5, 0.6) is 0 Å². The normalized spacial score (nSPS) is 15.2. The van der Waals surface area contributed by atoms with E-state index < -0.39 is 11.2 Å². The van der Waals surface area contributed by atoms with E-state index in [4.69, 9.17) is 0 Å². The average molecular weight is 326 g/mol. The van der Waals surface area contributed by atoms with Crippen molar-refractivity contribution in [3.05, 3.63) is 59.9 Å². The minimum Gasteiger partial charge on any atom is -0.325 e. The highest BCUT2D eigenvalue weighted by Crippen LogP contribution is 2.44. The quantitative estimate of drug-likeness (QED) is 0.897. The van der Waals surface area contributed by atoms with Gasteiger partial charge in [-0.05, 0) is 36.6 Å². The van der Waals surface area contributed by atoms with E-state index in [1.54, 1.807) is 0 Å². The third-order valence-corrected chi connectivity index (χ3v) is 4.50. The van der Waals surface area contributed by atoms with Gasteiger partial charge < -0.3 is 10.6 Å². The van der Waals surface area contributed by atoms with Gasteiger partial charge in [-0.15, -0.1) is 0 Å². The largest absolute Gasteiger partial charge is 0.325 e. The van der Waals surface area contributed by atoms with Crippen LogP contribution in [0.15, 0.2) is 48.5 Å². The molecular weight excluding hydrogens is 307 g/mol. The molecule has 4 nitrogen and oxygen atoms in total. The number of hydrogen-bond donors (Lipinski definition) is 2. The first-order valence-corrected chi connectivity index (χ1v) is 7.95. The Kier molecular flexibility index (Phi) is 4.34. The molecule has 5 heteroatoms. The molecule has 2 aromatic carbocycles. The van der Waals surface area contributed by atoms with E-state index in [2.05, 4.69) is 10.6 Å². The fraction of sp³-hybridized carbons (Fsp3) is 0.263. The lowest BCUT2D eigenvalue weighted by Crippen LogP contribution is -2.46. The zero-order chi connectivity index (χ0) is 17.2. The number of amides is 2. The van der Waals surface area contributed by atoms with E-state index >= 15 is 0 Å². The van der Waals surface area contributed by atoms with Crippen LogP contribution in [0.1, 0.15) is 31.7 Å². The molecule has 2 aromatic rings. The summed E-state index contributed by atoms with van der Waals surface area (Å²) in [5.41, 5.74) is 0.997. The van der Waals surface area contributed by atoms with Gasteiger partial charge in [0.2, 0.25) is 11.8 Å². The zero-order valence-electron chi connectivity index (χ0n) is 13.4. The van der Waals surface area contributed by atoms with Gasteiger partial charge >= 0.3 is 0 Å². The van der Waals surface area contributed by atoms with Crippen LogP contribution in [-0.4, -0.2) is 11.8 Å². The van der Waals surface area contributed by atoms with E-state index in [0.717, 1.165) is 24.8 Å².